The van der Waals surface area contributed by atoms with Gasteiger partial charge in [-0.15, -0.1) is 0 Å². The molecule has 0 unspecified atom stereocenters. The molecule has 0 N–H and O–H groups in total. The molecule has 1 nitrogen and oxygen atoms in total. The molecule has 0 atom stereocenters. The van der Waals surface area contributed by atoms with Crippen molar-refractivity contribution in [3.8, 4) is 5.75 Å². The van der Waals surface area contributed by atoms with Crippen LogP contribution in [-0.4, -0.2) is 6.10 Å². The Bertz CT molecular complexity index is 343. The molecule has 2 rings (SSSR count). The third kappa shape index (κ3) is 2.58. The lowest BCUT2D eigenvalue weighted by Gasteiger charge is -2.24. The van der Waals surface area contributed by atoms with Gasteiger partial charge in [0.25, 0.3) is 0 Å². The minimum Gasteiger partial charge on any atom is -0.490 e. The molecule has 1 fully saturated rings. The quantitative estimate of drug-likeness (QED) is 0.719. The van der Waals surface area contributed by atoms with Gasteiger partial charge in [0.2, 0.25) is 0 Å². The highest BCUT2D eigenvalue weighted by Gasteiger charge is 2.22. The maximum absolute atomic E-state index is 6.13. The second-order valence-corrected chi connectivity index (χ2v) is 5.77. The zero-order valence-corrected chi connectivity index (χ0v) is 10.6. The minimum atomic E-state index is 0.162. The molecule has 0 radical (unpaired) electrons. The lowest BCUT2D eigenvalue weighted by molar-refractivity contribution is 0.205. The van der Waals surface area contributed by atoms with Gasteiger partial charge in [0, 0.05) is 0 Å². The first-order valence-electron chi connectivity index (χ1n) is 6.33. The zero-order valence-electron chi connectivity index (χ0n) is 10.6. The summed E-state index contributed by atoms with van der Waals surface area (Å²) < 4.78 is 6.13. The highest BCUT2D eigenvalue weighted by atomic mass is 16.5. The Kier molecular flexibility index (Phi) is 3.22. The molecule has 1 aromatic carbocycles. The predicted octanol–water partition coefficient (Wildman–Crippen LogP) is 4.31. The van der Waals surface area contributed by atoms with Crippen LogP contribution >= 0.6 is 0 Å². The third-order valence-electron chi connectivity index (χ3n) is 3.29. The lowest BCUT2D eigenvalue weighted by Crippen LogP contribution is -2.17. The average molecular weight is 218 g/mol. The fraction of sp³-hybridized carbons (Fsp3) is 0.600. The number of para-hydroxylation sites is 1. The summed E-state index contributed by atoms with van der Waals surface area (Å²) in [6, 6.07) is 8.46. The summed E-state index contributed by atoms with van der Waals surface area (Å²) in [6.07, 6.45) is 5.53. The largest absolute Gasteiger partial charge is 0.490 e. The van der Waals surface area contributed by atoms with E-state index in [9.17, 15) is 0 Å². The van der Waals surface area contributed by atoms with Crippen molar-refractivity contribution in [1.82, 2.24) is 0 Å². The van der Waals surface area contributed by atoms with E-state index in [0.717, 1.165) is 5.75 Å². The van der Waals surface area contributed by atoms with Crippen molar-refractivity contribution in [2.75, 3.05) is 0 Å². The van der Waals surface area contributed by atoms with E-state index in [1.54, 1.807) is 0 Å². The second kappa shape index (κ2) is 4.48. The summed E-state index contributed by atoms with van der Waals surface area (Å²) >= 11 is 0. The Morgan fingerprint density at radius 1 is 1.06 bits per heavy atom. The topological polar surface area (TPSA) is 9.23 Å². The fourth-order valence-electron chi connectivity index (χ4n) is 2.37. The van der Waals surface area contributed by atoms with Crippen LogP contribution in [0.2, 0.25) is 0 Å². The first-order chi connectivity index (χ1) is 7.57. The molecule has 0 saturated heterocycles. The van der Waals surface area contributed by atoms with Crippen molar-refractivity contribution in [3.63, 3.8) is 0 Å². The normalized spacial score (nSPS) is 17.7. The van der Waals surface area contributed by atoms with Gasteiger partial charge in [-0.05, 0) is 42.7 Å². The highest BCUT2D eigenvalue weighted by Crippen LogP contribution is 2.33. The summed E-state index contributed by atoms with van der Waals surface area (Å²) in [5, 5.41) is 0. The van der Waals surface area contributed by atoms with E-state index in [-0.39, 0.29) is 5.41 Å². The van der Waals surface area contributed by atoms with Gasteiger partial charge in [-0.25, -0.2) is 0 Å². The molecule has 1 aliphatic rings. The molecule has 1 aliphatic carbocycles. The molecule has 0 spiro atoms. The second-order valence-electron chi connectivity index (χ2n) is 5.77. The van der Waals surface area contributed by atoms with E-state index in [0.29, 0.717) is 6.10 Å². The number of ether oxygens (including phenoxy) is 1. The summed E-state index contributed by atoms with van der Waals surface area (Å²) in [4.78, 5) is 0. The molecule has 0 aliphatic heterocycles. The Hall–Kier alpha value is -0.980. The maximum atomic E-state index is 6.13. The van der Waals surface area contributed by atoms with Gasteiger partial charge >= 0.3 is 0 Å². The number of benzene rings is 1. The molecule has 0 amide bonds. The van der Waals surface area contributed by atoms with E-state index >= 15 is 0 Å². The molecule has 16 heavy (non-hydrogen) atoms. The van der Waals surface area contributed by atoms with Crippen LogP contribution in [0.4, 0.5) is 0 Å². The van der Waals surface area contributed by atoms with Gasteiger partial charge in [-0.3, -0.25) is 0 Å². The molecule has 1 heteroatoms. The van der Waals surface area contributed by atoms with Gasteiger partial charge in [0.15, 0.2) is 0 Å². The van der Waals surface area contributed by atoms with Crippen LogP contribution in [0, 0.1) is 0 Å². The third-order valence-corrected chi connectivity index (χ3v) is 3.29. The highest BCUT2D eigenvalue weighted by molar-refractivity contribution is 5.38. The molecule has 1 aromatic rings. The first-order valence-corrected chi connectivity index (χ1v) is 6.33. The van der Waals surface area contributed by atoms with Crippen LogP contribution in [0.3, 0.4) is 0 Å². The van der Waals surface area contributed by atoms with Crippen LogP contribution in [-0.2, 0) is 5.41 Å². The van der Waals surface area contributed by atoms with Crippen molar-refractivity contribution < 1.29 is 4.74 Å². The maximum Gasteiger partial charge on any atom is 0.123 e. The van der Waals surface area contributed by atoms with E-state index in [1.807, 2.05) is 0 Å². The Morgan fingerprint density at radius 2 is 1.69 bits per heavy atom. The SMILES string of the molecule is CC(C)(C)c1ccccc1OC1CCCC1. The molecule has 0 bridgehead atoms. The first kappa shape index (κ1) is 11.5. The lowest BCUT2D eigenvalue weighted by atomic mass is 9.86. The predicted molar refractivity (Wildman–Crippen MR) is 68.0 cm³/mol. The molecule has 88 valence electrons. The van der Waals surface area contributed by atoms with Crippen molar-refractivity contribution in [3.05, 3.63) is 29.8 Å². The van der Waals surface area contributed by atoms with Gasteiger partial charge < -0.3 is 4.74 Å². The minimum absolute atomic E-state index is 0.162. The van der Waals surface area contributed by atoms with Crippen molar-refractivity contribution >= 4 is 0 Å². The van der Waals surface area contributed by atoms with E-state index in [2.05, 4.69) is 45.0 Å². The van der Waals surface area contributed by atoms with Crippen LogP contribution in [0.25, 0.3) is 0 Å². The summed E-state index contributed by atoms with van der Waals surface area (Å²) in [7, 11) is 0. The van der Waals surface area contributed by atoms with Gasteiger partial charge in [-0.2, -0.15) is 0 Å². The number of hydrogen-bond acceptors (Lipinski definition) is 1. The Balaban J connectivity index is 2.19. The zero-order chi connectivity index (χ0) is 11.6. The van der Waals surface area contributed by atoms with Gasteiger partial charge in [-0.1, -0.05) is 39.0 Å². The molecular weight excluding hydrogens is 196 g/mol. The van der Waals surface area contributed by atoms with Crippen LogP contribution in [0.5, 0.6) is 5.75 Å². The number of rotatable bonds is 2. The van der Waals surface area contributed by atoms with Gasteiger partial charge in [0.05, 0.1) is 6.10 Å². The Labute approximate surface area is 98.8 Å². The van der Waals surface area contributed by atoms with E-state index in [4.69, 9.17) is 4.74 Å². The standard InChI is InChI=1S/C15H22O/c1-15(2,3)13-10-6-7-11-14(13)16-12-8-4-5-9-12/h6-7,10-12H,4-5,8-9H2,1-3H3. The summed E-state index contributed by atoms with van der Waals surface area (Å²) in [6.45, 7) is 6.72. The average Bonchev–Trinajstić information content (AvgIpc) is 2.70. The van der Waals surface area contributed by atoms with E-state index < -0.39 is 0 Å². The number of hydrogen-bond donors (Lipinski definition) is 0. The Morgan fingerprint density at radius 3 is 2.31 bits per heavy atom. The molecule has 1 saturated carbocycles. The fourth-order valence-corrected chi connectivity index (χ4v) is 2.37. The van der Waals surface area contributed by atoms with Crippen LogP contribution in [0.1, 0.15) is 52.0 Å². The van der Waals surface area contributed by atoms with Gasteiger partial charge in [0.1, 0.15) is 5.75 Å². The monoisotopic (exact) mass is 218 g/mol. The van der Waals surface area contributed by atoms with Crippen molar-refractivity contribution in [2.24, 2.45) is 0 Å². The molecule has 0 heterocycles. The smallest absolute Gasteiger partial charge is 0.123 e. The summed E-state index contributed by atoms with van der Waals surface area (Å²) in [5.41, 5.74) is 1.48. The molecular formula is C15H22O. The van der Waals surface area contributed by atoms with Crippen molar-refractivity contribution in [2.45, 2.75) is 58.0 Å². The van der Waals surface area contributed by atoms with Crippen LogP contribution in [0.15, 0.2) is 24.3 Å². The molecule has 0 aromatic heterocycles. The van der Waals surface area contributed by atoms with E-state index in [1.165, 1.54) is 31.2 Å². The summed E-state index contributed by atoms with van der Waals surface area (Å²) in [5.74, 6) is 1.09. The van der Waals surface area contributed by atoms with Crippen molar-refractivity contribution in [1.29, 1.82) is 0 Å². The van der Waals surface area contributed by atoms with Crippen LogP contribution < -0.4 is 4.74 Å².